The summed E-state index contributed by atoms with van der Waals surface area (Å²) in [4.78, 5) is 16.3. The standard InChI is InChI=1S/C18H20N4O7S3/c1-11(2)10-32(26,27)18-21-17(30-22-18)20-16(23)13(9-19)7-12-5-6-14(15(8-12)28-3)29-31(4,24)25/h5-8,11H,10H2,1-4H3,(H,20,21,22,23)/b13-7-. The fourth-order valence-corrected chi connectivity index (χ4v) is 5.20. The molecule has 0 aliphatic carbocycles. The first-order valence-corrected chi connectivity index (χ1v) is 13.2. The summed E-state index contributed by atoms with van der Waals surface area (Å²) in [5.41, 5.74) is 0.0393. The summed E-state index contributed by atoms with van der Waals surface area (Å²) in [5.74, 6) is -1.07. The van der Waals surface area contributed by atoms with E-state index in [2.05, 4.69) is 14.7 Å². The Morgan fingerprint density at radius 2 is 1.97 bits per heavy atom. The monoisotopic (exact) mass is 500 g/mol. The molecule has 0 bridgehead atoms. The zero-order valence-corrected chi connectivity index (χ0v) is 20.0. The van der Waals surface area contributed by atoms with Crippen molar-refractivity contribution in [2.45, 2.75) is 19.0 Å². The van der Waals surface area contributed by atoms with Gasteiger partial charge in [0, 0.05) is 11.5 Å². The molecule has 0 fully saturated rings. The summed E-state index contributed by atoms with van der Waals surface area (Å²) in [6.07, 6.45) is 2.12. The van der Waals surface area contributed by atoms with Gasteiger partial charge in [-0.3, -0.25) is 10.1 Å². The molecule has 0 spiro atoms. The van der Waals surface area contributed by atoms with Crippen LogP contribution in [-0.4, -0.2) is 51.2 Å². The van der Waals surface area contributed by atoms with E-state index in [4.69, 9.17) is 8.92 Å². The molecule has 0 aliphatic rings. The number of carbonyl (C=O) groups is 1. The molecule has 0 saturated heterocycles. The summed E-state index contributed by atoms with van der Waals surface area (Å²) in [5, 5.41) is 11.2. The van der Waals surface area contributed by atoms with Crippen LogP contribution in [0, 0.1) is 17.2 Å². The molecular formula is C18H20N4O7S3. The van der Waals surface area contributed by atoms with Crippen LogP contribution in [0.25, 0.3) is 6.08 Å². The molecule has 1 aromatic heterocycles. The number of benzene rings is 1. The molecule has 1 N–H and O–H groups in total. The number of rotatable bonds is 9. The smallest absolute Gasteiger partial charge is 0.306 e. The molecule has 1 heterocycles. The lowest BCUT2D eigenvalue weighted by atomic mass is 10.1. The predicted octanol–water partition coefficient (Wildman–Crippen LogP) is 1.86. The molecule has 0 saturated carbocycles. The number of hydrogen-bond acceptors (Lipinski definition) is 11. The number of nitrogens with zero attached hydrogens (tertiary/aromatic N) is 3. The van der Waals surface area contributed by atoms with Gasteiger partial charge in [-0.2, -0.15) is 23.0 Å². The number of amides is 1. The van der Waals surface area contributed by atoms with Gasteiger partial charge in [-0.1, -0.05) is 19.9 Å². The van der Waals surface area contributed by atoms with Crippen molar-refractivity contribution in [3.05, 3.63) is 29.3 Å². The maximum Gasteiger partial charge on any atom is 0.306 e. The first kappa shape index (κ1) is 25.2. The van der Waals surface area contributed by atoms with Crippen LogP contribution in [0.5, 0.6) is 11.5 Å². The van der Waals surface area contributed by atoms with E-state index >= 15 is 0 Å². The predicted molar refractivity (Wildman–Crippen MR) is 117 cm³/mol. The Morgan fingerprint density at radius 3 is 2.53 bits per heavy atom. The number of nitrogens with one attached hydrogen (secondary N) is 1. The summed E-state index contributed by atoms with van der Waals surface area (Å²) < 4.78 is 60.7. The van der Waals surface area contributed by atoms with Crippen LogP contribution in [0.3, 0.4) is 0 Å². The minimum absolute atomic E-state index is 0.0564. The van der Waals surface area contributed by atoms with Crippen LogP contribution in [-0.2, 0) is 24.7 Å². The Bertz CT molecular complexity index is 1290. The molecular weight excluding hydrogens is 480 g/mol. The van der Waals surface area contributed by atoms with Gasteiger partial charge in [0.05, 0.1) is 19.1 Å². The van der Waals surface area contributed by atoms with Crippen molar-refractivity contribution in [1.82, 2.24) is 9.36 Å². The van der Waals surface area contributed by atoms with Crippen molar-refractivity contribution in [3.8, 4) is 17.6 Å². The van der Waals surface area contributed by atoms with Gasteiger partial charge in [-0.25, -0.2) is 8.42 Å². The summed E-state index contributed by atoms with van der Waals surface area (Å²) in [7, 11) is -6.16. The maximum atomic E-state index is 12.4. The number of hydrogen-bond donors (Lipinski definition) is 1. The first-order chi connectivity index (χ1) is 14.8. The Labute approximate surface area is 189 Å². The van der Waals surface area contributed by atoms with Crippen LogP contribution in [0.4, 0.5) is 5.13 Å². The normalized spacial score (nSPS) is 12.3. The topological polar surface area (TPSA) is 165 Å². The molecule has 172 valence electrons. The molecule has 2 aromatic rings. The summed E-state index contributed by atoms with van der Waals surface area (Å²) in [6, 6.07) is 5.87. The lowest BCUT2D eigenvalue weighted by Gasteiger charge is -2.09. The van der Waals surface area contributed by atoms with Gasteiger partial charge in [-0.05, 0) is 29.7 Å². The van der Waals surface area contributed by atoms with E-state index in [-0.39, 0.29) is 39.0 Å². The lowest BCUT2D eigenvalue weighted by Crippen LogP contribution is -2.15. The van der Waals surface area contributed by atoms with Gasteiger partial charge in [0.1, 0.15) is 11.6 Å². The third-order valence-corrected chi connectivity index (χ3v) is 6.64. The Kier molecular flexibility index (Phi) is 7.94. The van der Waals surface area contributed by atoms with Crippen molar-refractivity contribution in [1.29, 1.82) is 5.26 Å². The number of nitriles is 1. The number of aromatic nitrogens is 2. The van der Waals surface area contributed by atoms with Gasteiger partial charge in [0.2, 0.25) is 15.0 Å². The summed E-state index contributed by atoms with van der Waals surface area (Å²) >= 11 is 0.677. The third-order valence-electron chi connectivity index (χ3n) is 3.56. The number of carbonyl (C=O) groups excluding carboxylic acids is 1. The molecule has 0 radical (unpaired) electrons. The fraction of sp³-hybridized carbons (Fsp3) is 0.333. The van der Waals surface area contributed by atoms with E-state index < -0.39 is 25.9 Å². The Morgan fingerprint density at radius 1 is 1.28 bits per heavy atom. The molecule has 0 unspecified atom stereocenters. The van der Waals surface area contributed by atoms with Crippen LogP contribution in [0.15, 0.2) is 28.9 Å². The summed E-state index contributed by atoms with van der Waals surface area (Å²) in [6.45, 7) is 3.48. The van der Waals surface area contributed by atoms with Gasteiger partial charge >= 0.3 is 10.1 Å². The lowest BCUT2D eigenvalue weighted by molar-refractivity contribution is -0.112. The van der Waals surface area contributed by atoms with Gasteiger partial charge in [0.25, 0.3) is 11.1 Å². The Hall–Kier alpha value is -3.02. The molecule has 0 aliphatic heterocycles. The third kappa shape index (κ3) is 7.01. The van der Waals surface area contributed by atoms with Crippen molar-refractivity contribution < 1.29 is 30.6 Å². The maximum absolute atomic E-state index is 12.4. The number of sulfone groups is 1. The minimum Gasteiger partial charge on any atom is -0.493 e. The minimum atomic E-state index is -3.78. The van der Waals surface area contributed by atoms with Crippen molar-refractivity contribution in [3.63, 3.8) is 0 Å². The second-order valence-corrected chi connectivity index (χ2v) is 11.1. The van der Waals surface area contributed by atoms with Gasteiger partial charge < -0.3 is 8.92 Å². The van der Waals surface area contributed by atoms with E-state index in [1.807, 2.05) is 0 Å². The highest BCUT2D eigenvalue weighted by Gasteiger charge is 2.23. The molecule has 0 atom stereocenters. The molecule has 1 amide bonds. The number of methoxy groups -OCH3 is 1. The van der Waals surface area contributed by atoms with Crippen molar-refractivity contribution in [2.75, 3.05) is 24.4 Å². The highest BCUT2D eigenvalue weighted by atomic mass is 32.2. The quantitative estimate of drug-likeness (QED) is 0.305. The largest absolute Gasteiger partial charge is 0.493 e. The van der Waals surface area contributed by atoms with Gasteiger partial charge in [-0.15, -0.1) is 0 Å². The first-order valence-electron chi connectivity index (χ1n) is 8.91. The molecule has 2 rings (SSSR count). The van der Waals surface area contributed by atoms with E-state index in [0.717, 1.165) is 6.26 Å². The average Bonchev–Trinajstić information content (AvgIpc) is 3.14. The fourth-order valence-electron chi connectivity index (χ4n) is 2.39. The Balaban J connectivity index is 2.24. The van der Waals surface area contributed by atoms with E-state index in [1.54, 1.807) is 19.9 Å². The number of ether oxygens (including phenoxy) is 1. The second-order valence-electron chi connectivity index (χ2n) is 6.88. The zero-order chi connectivity index (χ0) is 24.1. The second kappa shape index (κ2) is 10.1. The van der Waals surface area contributed by atoms with Crippen molar-refractivity contribution >= 4 is 48.6 Å². The highest BCUT2D eigenvalue weighted by Crippen LogP contribution is 2.30. The average molecular weight is 501 g/mol. The van der Waals surface area contributed by atoms with Crippen LogP contribution in [0.1, 0.15) is 19.4 Å². The van der Waals surface area contributed by atoms with Crippen molar-refractivity contribution in [2.24, 2.45) is 5.92 Å². The SMILES string of the molecule is COc1cc(/C=C(/C#N)C(=O)Nc2nc(S(=O)(=O)CC(C)C)ns2)ccc1OS(C)(=O)=O. The highest BCUT2D eigenvalue weighted by molar-refractivity contribution is 7.91. The molecule has 11 nitrogen and oxygen atoms in total. The van der Waals surface area contributed by atoms with E-state index in [0.29, 0.717) is 17.1 Å². The van der Waals surface area contributed by atoms with E-state index in [9.17, 15) is 26.9 Å². The van der Waals surface area contributed by atoms with Gasteiger partial charge in [0.15, 0.2) is 11.5 Å². The van der Waals surface area contributed by atoms with E-state index in [1.165, 1.54) is 31.4 Å². The zero-order valence-electron chi connectivity index (χ0n) is 17.5. The van der Waals surface area contributed by atoms with Crippen LogP contribution >= 0.6 is 11.5 Å². The molecule has 14 heteroatoms. The van der Waals surface area contributed by atoms with Crippen LogP contribution < -0.4 is 14.2 Å². The van der Waals surface area contributed by atoms with Crippen LogP contribution in [0.2, 0.25) is 0 Å². The molecule has 1 aromatic carbocycles. The molecule has 32 heavy (non-hydrogen) atoms. The number of anilines is 1.